The molecule has 0 bridgehead atoms. The van der Waals surface area contributed by atoms with E-state index in [0.29, 0.717) is 18.0 Å². The summed E-state index contributed by atoms with van der Waals surface area (Å²) in [5.41, 5.74) is 0. The van der Waals surface area contributed by atoms with Crippen molar-refractivity contribution < 1.29 is 4.79 Å². The van der Waals surface area contributed by atoms with Gasteiger partial charge in [0.1, 0.15) is 6.54 Å². The Balaban J connectivity index is 1.60. The third-order valence-electron chi connectivity index (χ3n) is 5.84. The van der Waals surface area contributed by atoms with Gasteiger partial charge in [-0.2, -0.15) is 0 Å². The summed E-state index contributed by atoms with van der Waals surface area (Å²) in [7, 11) is 3.57. The molecule has 25 heavy (non-hydrogen) atoms. The topological polar surface area (TPSA) is 60.0 Å². The predicted octanol–water partition coefficient (Wildman–Crippen LogP) is 1.43. The Morgan fingerprint density at radius 2 is 1.80 bits per heavy atom. The zero-order chi connectivity index (χ0) is 17.8. The van der Waals surface area contributed by atoms with Gasteiger partial charge in [-0.1, -0.05) is 26.2 Å². The first-order valence-electron chi connectivity index (χ1n) is 10.0. The van der Waals surface area contributed by atoms with Gasteiger partial charge in [0.05, 0.1) is 0 Å². The smallest absolute Gasteiger partial charge is 0.243 e. The standard InChI is InChI=1S/C19H35N5O/c1-14-12-24(16-9-10-16)13-17(14)22-19(20-11-18(25)23(2)3)21-15-7-5-4-6-8-15/h14-17H,4-13H2,1-3H3,(H2,20,21,22). The minimum absolute atomic E-state index is 0.0452. The van der Waals surface area contributed by atoms with Crippen LogP contribution in [0.2, 0.25) is 0 Å². The van der Waals surface area contributed by atoms with Gasteiger partial charge >= 0.3 is 0 Å². The van der Waals surface area contributed by atoms with Gasteiger partial charge in [0.25, 0.3) is 0 Å². The molecule has 0 spiro atoms. The fourth-order valence-corrected chi connectivity index (χ4v) is 3.97. The molecule has 6 nitrogen and oxygen atoms in total. The number of hydrogen-bond acceptors (Lipinski definition) is 3. The van der Waals surface area contributed by atoms with Crippen LogP contribution in [0.25, 0.3) is 0 Å². The Morgan fingerprint density at radius 1 is 1.08 bits per heavy atom. The van der Waals surface area contributed by atoms with Crippen LogP contribution in [0.1, 0.15) is 51.9 Å². The fourth-order valence-electron chi connectivity index (χ4n) is 3.97. The molecule has 1 aliphatic heterocycles. The molecule has 2 saturated carbocycles. The molecule has 3 fully saturated rings. The van der Waals surface area contributed by atoms with Crippen LogP contribution in [-0.2, 0) is 4.79 Å². The number of carbonyl (C=O) groups is 1. The maximum Gasteiger partial charge on any atom is 0.243 e. The van der Waals surface area contributed by atoms with Crippen molar-refractivity contribution in [3.63, 3.8) is 0 Å². The predicted molar refractivity (Wildman–Crippen MR) is 102 cm³/mol. The molecule has 1 saturated heterocycles. The quantitative estimate of drug-likeness (QED) is 0.582. The second-order valence-electron chi connectivity index (χ2n) is 8.35. The van der Waals surface area contributed by atoms with Gasteiger partial charge in [-0.15, -0.1) is 0 Å². The average Bonchev–Trinajstić information content (AvgIpc) is 3.38. The summed E-state index contributed by atoms with van der Waals surface area (Å²) in [4.78, 5) is 20.8. The Kier molecular flexibility index (Phi) is 6.20. The van der Waals surface area contributed by atoms with E-state index in [1.807, 2.05) is 0 Å². The highest BCUT2D eigenvalue weighted by atomic mass is 16.2. The number of nitrogens with zero attached hydrogens (tertiary/aromatic N) is 3. The molecule has 2 atom stereocenters. The van der Waals surface area contributed by atoms with Crippen LogP contribution in [0.4, 0.5) is 0 Å². The molecule has 0 aromatic rings. The number of hydrogen-bond donors (Lipinski definition) is 2. The Morgan fingerprint density at radius 3 is 2.44 bits per heavy atom. The SMILES string of the molecule is CC1CN(C2CC2)CC1NC(=NCC(=O)N(C)C)NC1CCCCC1. The van der Waals surface area contributed by atoms with Crippen LogP contribution in [0.15, 0.2) is 4.99 Å². The van der Waals surface area contributed by atoms with Gasteiger partial charge < -0.3 is 15.5 Å². The van der Waals surface area contributed by atoms with Crippen molar-refractivity contribution in [2.45, 2.75) is 70.0 Å². The van der Waals surface area contributed by atoms with E-state index in [2.05, 4.69) is 27.4 Å². The van der Waals surface area contributed by atoms with Gasteiger partial charge in [0.2, 0.25) is 5.91 Å². The first-order chi connectivity index (χ1) is 12.0. The summed E-state index contributed by atoms with van der Waals surface area (Å²) < 4.78 is 0. The summed E-state index contributed by atoms with van der Waals surface area (Å²) >= 11 is 0. The lowest BCUT2D eigenvalue weighted by Gasteiger charge is -2.27. The number of rotatable bonds is 5. The van der Waals surface area contributed by atoms with Crippen molar-refractivity contribution in [1.29, 1.82) is 0 Å². The summed E-state index contributed by atoms with van der Waals surface area (Å²) in [5.74, 6) is 1.49. The third-order valence-corrected chi connectivity index (χ3v) is 5.84. The van der Waals surface area contributed by atoms with Crippen molar-refractivity contribution in [3.05, 3.63) is 0 Å². The van der Waals surface area contributed by atoms with E-state index in [1.54, 1.807) is 19.0 Å². The van der Waals surface area contributed by atoms with Gasteiger partial charge in [-0.05, 0) is 31.6 Å². The maximum atomic E-state index is 11.9. The summed E-state index contributed by atoms with van der Waals surface area (Å²) in [6.45, 7) is 4.81. The number of likely N-dealkylation sites (tertiary alicyclic amines) is 1. The highest BCUT2D eigenvalue weighted by Crippen LogP contribution is 2.31. The van der Waals surface area contributed by atoms with Crippen molar-refractivity contribution >= 4 is 11.9 Å². The summed E-state index contributed by atoms with van der Waals surface area (Å²) in [6.07, 6.45) is 9.05. The number of nitrogens with one attached hydrogen (secondary N) is 2. The normalized spacial score (nSPS) is 28.8. The van der Waals surface area contributed by atoms with E-state index < -0.39 is 0 Å². The van der Waals surface area contributed by atoms with Crippen LogP contribution < -0.4 is 10.6 Å². The van der Waals surface area contributed by atoms with E-state index in [0.717, 1.165) is 18.5 Å². The van der Waals surface area contributed by atoms with Crippen molar-refractivity contribution in [2.24, 2.45) is 10.9 Å². The summed E-state index contributed by atoms with van der Waals surface area (Å²) in [6, 6.07) is 1.73. The first kappa shape index (κ1) is 18.5. The zero-order valence-corrected chi connectivity index (χ0v) is 16.1. The van der Waals surface area contributed by atoms with E-state index >= 15 is 0 Å². The highest BCUT2D eigenvalue weighted by Gasteiger charge is 2.38. The molecule has 142 valence electrons. The molecule has 2 N–H and O–H groups in total. The van der Waals surface area contributed by atoms with Gasteiger partial charge in [-0.25, -0.2) is 4.99 Å². The lowest BCUT2D eigenvalue weighted by molar-refractivity contribution is -0.127. The van der Waals surface area contributed by atoms with Crippen LogP contribution in [0.3, 0.4) is 0 Å². The number of likely N-dealkylation sites (N-methyl/N-ethyl adjacent to an activating group) is 1. The minimum atomic E-state index is 0.0452. The van der Waals surface area contributed by atoms with Gasteiger partial charge in [-0.3, -0.25) is 9.69 Å². The zero-order valence-electron chi connectivity index (χ0n) is 16.1. The molecule has 0 radical (unpaired) electrons. The molecule has 1 heterocycles. The lowest BCUT2D eigenvalue weighted by Crippen LogP contribution is -2.50. The van der Waals surface area contributed by atoms with Crippen molar-refractivity contribution in [3.8, 4) is 0 Å². The second kappa shape index (κ2) is 8.39. The molecule has 3 aliphatic rings. The van der Waals surface area contributed by atoms with Crippen LogP contribution >= 0.6 is 0 Å². The molecular weight excluding hydrogens is 314 g/mol. The second-order valence-corrected chi connectivity index (χ2v) is 8.35. The Labute approximate surface area is 152 Å². The molecule has 2 aliphatic carbocycles. The third kappa shape index (κ3) is 5.33. The maximum absolute atomic E-state index is 11.9. The highest BCUT2D eigenvalue weighted by molar-refractivity contribution is 5.85. The molecule has 6 heteroatoms. The van der Waals surface area contributed by atoms with E-state index in [4.69, 9.17) is 0 Å². The lowest BCUT2D eigenvalue weighted by atomic mass is 9.96. The number of amides is 1. The van der Waals surface area contributed by atoms with Gasteiger partial charge in [0, 0.05) is 45.3 Å². The molecule has 2 unspecified atom stereocenters. The number of guanidine groups is 1. The average molecular weight is 350 g/mol. The molecule has 0 aromatic heterocycles. The van der Waals surface area contributed by atoms with Crippen molar-refractivity contribution in [1.82, 2.24) is 20.4 Å². The van der Waals surface area contributed by atoms with E-state index in [9.17, 15) is 4.79 Å². The van der Waals surface area contributed by atoms with Crippen LogP contribution in [-0.4, -0.2) is 73.5 Å². The van der Waals surface area contributed by atoms with Crippen LogP contribution in [0, 0.1) is 5.92 Å². The first-order valence-corrected chi connectivity index (χ1v) is 10.0. The van der Waals surface area contributed by atoms with Crippen molar-refractivity contribution in [2.75, 3.05) is 33.7 Å². The fraction of sp³-hybridized carbons (Fsp3) is 0.895. The summed E-state index contributed by atoms with van der Waals surface area (Å²) in [5, 5.41) is 7.25. The molecule has 3 rings (SSSR count). The van der Waals surface area contributed by atoms with Crippen LogP contribution in [0.5, 0.6) is 0 Å². The molecular formula is C19H35N5O. The van der Waals surface area contributed by atoms with E-state index in [1.165, 1.54) is 51.5 Å². The number of aliphatic imine (C=N–C) groups is 1. The molecule has 0 aromatic carbocycles. The number of carbonyl (C=O) groups excluding carboxylic acids is 1. The van der Waals surface area contributed by atoms with E-state index in [-0.39, 0.29) is 12.5 Å². The largest absolute Gasteiger partial charge is 0.354 e. The van der Waals surface area contributed by atoms with Gasteiger partial charge in [0.15, 0.2) is 5.96 Å². The Bertz CT molecular complexity index is 482. The monoisotopic (exact) mass is 349 g/mol. The Hall–Kier alpha value is -1.30. The minimum Gasteiger partial charge on any atom is -0.354 e. The molecule has 1 amide bonds.